The minimum Gasteiger partial charge on any atom is -0.508 e. The van der Waals surface area contributed by atoms with Crippen LogP contribution in [0.5, 0.6) is 23.0 Å². The van der Waals surface area contributed by atoms with Gasteiger partial charge in [0.15, 0.2) is 17.6 Å². The van der Waals surface area contributed by atoms with E-state index in [0.29, 0.717) is 34.2 Å². The molecule has 0 aliphatic rings. The van der Waals surface area contributed by atoms with E-state index in [2.05, 4.69) is 10.6 Å². The molecule has 2 amide bonds. The third-order valence-electron chi connectivity index (χ3n) is 4.57. The minimum atomic E-state index is -0.746. The van der Waals surface area contributed by atoms with Gasteiger partial charge in [-0.05, 0) is 73.7 Å². The summed E-state index contributed by atoms with van der Waals surface area (Å²) in [4.78, 5) is 24.9. The number of hydrogen-bond acceptors (Lipinski definition) is 6. The van der Waals surface area contributed by atoms with Crippen molar-refractivity contribution < 1.29 is 28.9 Å². The summed E-state index contributed by atoms with van der Waals surface area (Å²) in [5, 5.41) is 14.9. The quantitative estimate of drug-likeness (QED) is 0.492. The van der Waals surface area contributed by atoms with Crippen molar-refractivity contribution in [1.29, 1.82) is 0 Å². The van der Waals surface area contributed by atoms with E-state index in [4.69, 9.17) is 14.2 Å². The van der Waals surface area contributed by atoms with Gasteiger partial charge in [-0.3, -0.25) is 9.59 Å². The van der Waals surface area contributed by atoms with Gasteiger partial charge in [0, 0.05) is 16.9 Å². The zero-order valence-corrected chi connectivity index (χ0v) is 17.9. The maximum atomic E-state index is 12.5. The Morgan fingerprint density at radius 1 is 0.812 bits per heavy atom. The first-order chi connectivity index (χ1) is 15.4. The van der Waals surface area contributed by atoms with E-state index in [1.807, 2.05) is 0 Å². The number of ether oxygens (including phenoxy) is 3. The highest BCUT2D eigenvalue weighted by atomic mass is 16.5. The lowest BCUT2D eigenvalue weighted by Gasteiger charge is -2.15. The van der Waals surface area contributed by atoms with Crippen LogP contribution in [0.1, 0.15) is 17.3 Å². The number of carbonyl (C=O) groups excluding carboxylic acids is 2. The van der Waals surface area contributed by atoms with Gasteiger partial charge in [-0.15, -0.1) is 0 Å². The number of hydrogen-bond donors (Lipinski definition) is 3. The average molecular weight is 436 g/mol. The molecule has 0 aliphatic heterocycles. The van der Waals surface area contributed by atoms with Gasteiger partial charge >= 0.3 is 0 Å². The van der Waals surface area contributed by atoms with Crippen LogP contribution in [-0.2, 0) is 4.79 Å². The smallest absolute Gasteiger partial charge is 0.265 e. The van der Waals surface area contributed by atoms with Crippen molar-refractivity contribution in [3.63, 3.8) is 0 Å². The molecule has 1 atom stereocenters. The summed E-state index contributed by atoms with van der Waals surface area (Å²) in [6.07, 6.45) is -0.746. The largest absolute Gasteiger partial charge is 0.508 e. The fourth-order valence-corrected chi connectivity index (χ4v) is 2.84. The molecule has 0 fully saturated rings. The van der Waals surface area contributed by atoms with Crippen LogP contribution in [0.25, 0.3) is 0 Å². The Balaban J connectivity index is 1.58. The highest BCUT2D eigenvalue weighted by Crippen LogP contribution is 2.28. The van der Waals surface area contributed by atoms with Crippen LogP contribution in [-0.4, -0.2) is 37.2 Å². The second-order valence-electron chi connectivity index (χ2n) is 6.84. The van der Waals surface area contributed by atoms with Crippen molar-refractivity contribution in [1.82, 2.24) is 0 Å². The van der Waals surface area contributed by atoms with Gasteiger partial charge in [0.05, 0.1) is 14.2 Å². The Morgan fingerprint density at radius 3 is 2.00 bits per heavy atom. The molecule has 0 radical (unpaired) electrons. The number of amides is 2. The number of aromatic hydroxyl groups is 1. The molecule has 0 heterocycles. The standard InChI is InChI=1S/C24H24N2O6/c1-15(32-20-11-9-19(27)10-12-20)23(28)25-17-5-7-18(8-6-17)26-24(29)16-4-13-21(30-2)22(14-16)31-3/h4-15,27H,1-3H3,(H,25,28)(H,26,29). The van der Waals surface area contributed by atoms with E-state index in [1.165, 1.54) is 26.4 Å². The Kier molecular flexibility index (Phi) is 7.17. The number of anilines is 2. The Hall–Kier alpha value is -4.20. The zero-order valence-electron chi connectivity index (χ0n) is 17.9. The number of phenols is 1. The van der Waals surface area contributed by atoms with Crippen molar-refractivity contribution in [3.05, 3.63) is 72.3 Å². The number of nitrogens with one attached hydrogen (secondary N) is 2. The second-order valence-corrected chi connectivity index (χ2v) is 6.84. The van der Waals surface area contributed by atoms with Crippen LogP contribution in [0.4, 0.5) is 11.4 Å². The number of benzene rings is 3. The molecule has 3 rings (SSSR count). The van der Waals surface area contributed by atoms with Crippen LogP contribution < -0.4 is 24.8 Å². The number of carbonyl (C=O) groups is 2. The van der Waals surface area contributed by atoms with Gasteiger partial charge in [0.1, 0.15) is 11.5 Å². The fraction of sp³-hybridized carbons (Fsp3) is 0.167. The zero-order chi connectivity index (χ0) is 23.1. The second kappa shape index (κ2) is 10.2. The summed E-state index contributed by atoms with van der Waals surface area (Å²) in [5.74, 6) is 0.944. The van der Waals surface area contributed by atoms with Gasteiger partial charge < -0.3 is 30.0 Å². The van der Waals surface area contributed by atoms with Gasteiger partial charge in [-0.25, -0.2) is 0 Å². The van der Waals surface area contributed by atoms with Crippen LogP contribution in [0.15, 0.2) is 66.7 Å². The molecule has 8 nitrogen and oxygen atoms in total. The normalized spacial score (nSPS) is 11.2. The molecule has 0 saturated heterocycles. The molecule has 32 heavy (non-hydrogen) atoms. The third-order valence-corrected chi connectivity index (χ3v) is 4.57. The highest BCUT2D eigenvalue weighted by molar-refractivity contribution is 6.04. The summed E-state index contributed by atoms with van der Waals surface area (Å²) in [6.45, 7) is 1.62. The maximum absolute atomic E-state index is 12.5. The Labute approximate surface area is 185 Å². The molecule has 0 saturated carbocycles. The van der Waals surface area contributed by atoms with Crippen LogP contribution in [0, 0.1) is 0 Å². The van der Waals surface area contributed by atoms with Crippen molar-refractivity contribution in [3.8, 4) is 23.0 Å². The number of phenolic OH excluding ortho intramolecular Hbond substituents is 1. The first kappa shape index (κ1) is 22.5. The van der Waals surface area contributed by atoms with Gasteiger partial charge in [0.2, 0.25) is 0 Å². The van der Waals surface area contributed by atoms with E-state index in [0.717, 1.165) is 0 Å². The molecule has 3 aromatic rings. The average Bonchev–Trinajstić information content (AvgIpc) is 2.81. The fourth-order valence-electron chi connectivity index (χ4n) is 2.84. The minimum absolute atomic E-state index is 0.118. The SMILES string of the molecule is COc1ccc(C(=O)Nc2ccc(NC(=O)C(C)Oc3ccc(O)cc3)cc2)cc1OC. The molecule has 0 bridgehead atoms. The van der Waals surface area contributed by atoms with E-state index >= 15 is 0 Å². The first-order valence-corrected chi connectivity index (χ1v) is 9.79. The summed E-state index contributed by atoms with van der Waals surface area (Å²) in [7, 11) is 3.03. The van der Waals surface area contributed by atoms with E-state index in [1.54, 1.807) is 61.5 Å². The number of methoxy groups -OCH3 is 2. The van der Waals surface area contributed by atoms with Crippen molar-refractivity contribution in [2.45, 2.75) is 13.0 Å². The molecular formula is C24H24N2O6. The van der Waals surface area contributed by atoms with Crippen molar-refractivity contribution in [2.75, 3.05) is 24.9 Å². The Morgan fingerprint density at radius 2 is 1.41 bits per heavy atom. The molecule has 3 N–H and O–H groups in total. The van der Waals surface area contributed by atoms with Crippen molar-refractivity contribution >= 4 is 23.2 Å². The third kappa shape index (κ3) is 5.69. The predicted molar refractivity (Wildman–Crippen MR) is 121 cm³/mol. The Bertz CT molecular complexity index is 1080. The molecule has 0 aliphatic carbocycles. The predicted octanol–water partition coefficient (Wildman–Crippen LogP) is 4.07. The molecule has 3 aromatic carbocycles. The summed E-state index contributed by atoms with van der Waals surface area (Å²) in [5.41, 5.74) is 1.54. The van der Waals surface area contributed by atoms with Crippen molar-refractivity contribution in [2.24, 2.45) is 0 Å². The first-order valence-electron chi connectivity index (χ1n) is 9.79. The highest BCUT2D eigenvalue weighted by Gasteiger charge is 2.15. The lowest BCUT2D eigenvalue weighted by molar-refractivity contribution is -0.122. The van der Waals surface area contributed by atoms with Crippen LogP contribution >= 0.6 is 0 Å². The monoisotopic (exact) mass is 436 g/mol. The molecule has 1 unspecified atom stereocenters. The lowest BCUT2D eigenvalue weighted by atomic mass is 10.1. The molecule has 8 heteroatoms. The van der Waals surface area contributed by atoms with E-state index in [-0.39, 0.29) is 17.6 Å². The maximum Gasteiger partial charge on any atom is 0.265 e. The molecular weight excluding hydrogens is 412 g/mol. The summed E-state index contributed by atoms with van der Waals surface area (Å²) in [6, 6.07) is 17.7. The molecule has 0 spiro atoms. The van der Waals surface area contributed by atoms with E-state index in [9.17, 15) is 14.7 Å². The number of rotatable bonds is 8. The topological polar surface area (TPSA) is 106 Å². The van der Waals surface area contributed by atoms with Gasteiger partial charge in [-0.1, -0.05) is 0 Å². The summed E-state index contributed by atoms with van der Waals surface area (Å²) >= 11 is 0. The van der Waals surface area contributed by atoms with E-state index < -0.39 is 6.10 Å². The van der Waals surface area contributed by atoms with Crippen LogP contribution in [0.2, 0.25) is 0 Å². The lowest BCUT2D eigenvalue weighted by Crippen LogP contribution is -2.30. The summed E-state index contributed by atoms with van der Waals surface area (Å²) < 4.78 is 16.0. The van der Waals surface area contributed by atoms with Gasteiger partial charge in [0.25, 0.3) is 11.8 Å². The van der Waals surface area contributed by atoms with Crippen LogP contribution in [0.3, 0.4) is 0 Å². The van der Waals surface area contributed by atoms with Gasteiger partial charge in [-0.2, -0.15) is 0 Å². The molecule has 166 valence electrons. The molecule has 0 aromatic heterocycles.